The molecule has 0 radical (unpaired) electrons. The van der Waals surface area contributed by atoms with E-state index in [1.165, 1.54) is 0 Å². The zero-order valence-corrected chi connectivity index (χ0v) is 25.9. The molecule has 2 aliphatic heterocycles. The van der Waals surface area contributed by atoms with E-state index in [9.17, 15) is 10.2 Å². The van der Waals surface area contributed by atoms with Crippen molar-refractivity contribution in [2.24, 2.45) is 28.6 Å². The quantitative estimate of drug-likeness (QED) is 0.405. The van der Waals surface area contributed by atoms with E-state index in [1.54, 1.807) is 11.1 Å². The molecule has 4 aliphatic carbocycles. The van der Waals surface area contributed by atoms with Crippen LogP contribution in [0.1, 0.15) is 120 Å². The summed E-state index contributed by atoms with van der Waals surface area (Å²) >= 11 is 0. The van der Waals surface area contributed by atoms with Crippen molar-refractivity contribution in [2.75, 3.05) is 0 Å². The number of hydrogen-bond acceptors (Lipinski definition) is 6. The fourth-order valence-electron chi connectivity index (χ4n) is 10.7. The Hall–Kier alpha value is -0.500. The van der Waals surface area contributed by atoms with Gasteiger partial charge >= 0.3 is 0 Å². The molecule has 39 heavy (non-hydrogen) atoms. The van der Waals surface area contributed by atoms with Gasteiger partial charge in [-0.05, 0) is 135 Å². The molecule has 2 saturated heterocycles. The van der Waals surface area contributed by atoms with Crippen LogP contribution >= 0.6 is 0 Å². The van der Waals surface area contributed by atoms with Crippen molar-refractivity contribution in [1.29, 1.82) is 0 Å². The van der Waals surface area contributed by atoms with Crippen LogP contribution in [0.4, 0.5) is 0 Å². The molecule has 0 spiro atoms. The molecule has 0 aromatic carbocycles. The third-order valence-electron chi connectivity index (χ3n) is 12.1. The summed E-state index contributed by atoms with van der Waals surface area (Å²) in [5.74, 6) is -0.0862. The molecule has 6 nitrogen and oxygen atoms in total. The highest BCUT2D eigenvalue weighted by Crippen LogP contribution is 2.68. The number of ether oxygens (including phenoxy) is 4. The summed E-state index contributed by atoms with van der Waals surface area (Å²) in [6.45, 7) is 19.1. The van der Waals surface area contributed by atoms with Crippen LogP contribution in [-0.2, 0) is 18.9 Å². The zero-order chi connectivity index (χ0) is 28.4. The van der Waals surface area contributed by atoms with Crippen LogP contribution in [-0.4, -0.2) is 57.4 Å². The molecule has 0 unspecified atom stereocenters. The van der Waals surface area contributed by atoms with Crippen molar-refractivity contribution in [1.82, 2.24) is 0 Å². The lowest BCUT2D eigenvalue weighted by Gasteiger charge is -2.59. The van der Waals surface area contributed by atoms with Gasteiger partial charge in [0, 0.05) is 0 Å². The minimum Gasteiger partial charge on any atom is -0.392 e. The number of aliphatic hydroxyl groups is 2. The second kappa shape index (κ2) is 8.76. The maximum Gasteiger partial charge on any atom is 0.164 e. The smallest absolute Gasteiger partial charge is 0.164 e. The fourth-order valence-corrected chi connectivity index (χ4v) is 10.7. The number of hydrogen-bond donors (Lipinski definition) is 2. The Morgan fingerprint density at radius 2 is 1.62 bits per heavy atom. The first-order valence-electron chi connectivity index (χ1n) is 15.7. The topological polar surface area (TPSA) is 77.4 Å². The maximum atomic E-state index is 11.6. The molecule has 2 heterocycles. The summed E-state index contributed by atoms with van der Waals surface area (Å²) in [4.78, 5) is 0. The third-order valence-corrected chi connectivity index (χ3v) is 12.1. The van der Waals surface area contributed by atoms with Crippen LogP contribution in [0.15, 0.2) is 11.1 Å². The van der Waals surface area contributed by atoms with Gasteiger partial charge in [-0.1, -0.05) is 25.0 Å². The first-order chi connectivity index (χ1) is 17.9. The fraction of sp³-hybridized carbons (Fsp3) is 0.939. The van der Waals surface area contributed by atoms with Gasteiger partial charge in [0.05, 0.1) is 35.6 Å². The Kier molecular flexibility index (Phi) is 6.43. The lowest BCUT2D eigenvalue weighted by atomic mass is 9.47. The van der Waals surface area contributed by atoms with Crippen molar-refractivity contribution in [2.45, 2.75) is 167 Å². The Labute approximate surface area is 236 Å². The van der Waals surface area contributed by atoms with Gasteiger partial charge < -0.3 is 29.2 Å². The molecule has 6 aliphatic rings. The van der Waals surface area contributed by atoms with Gasteiger partial charge in [-0.3, -0.25) is 0 Å². The van der Waals surface area contributed by atoms with Gasteiger partial charge in [0.25, 0.3) is 0 Å². The molecule has 0 bridgehead atoms. The Morgan fingerprint density at radius 1 is 0.923 bits per heavy atom. The standard InChI is InChI=1S/C33H54O6/c1-28(2,35)14-13-27-33(9,39-30(5,6)38-27)26-11-10-20-19-16-23(34)22-17-24-25(37-29(3,4)36-24)18-32(22,8)21(19)12-15-31(20,26)7/h21-27,34-35H,10-18H2,1-9H3/t21-,22+,23-,24+,25-,26-,27+,31-,32+,33+/m0/s1. The molecular formula is C33H54O6. The van der Waals surface area contributed by atoms with Crippen LogP contribution in [0.2, 0.25) is 0 Å². The molecule has 6 rings (SSSR count). The SMILES string of the molecule is CC(C)(O)CC[C@H]1OC(C)(C)O[C@]1(C)[C@H]1CCC2=C3C[C@H](O)[C@H]4C[C@H]5OC(C)(C)O[C@H]5C[C@]4(C)[C@H]3CC[C@@]21C. The van der Waals surface area contributed by atoms with E-state index in [2.05, 4.69) is 20.8 Å². The largest absolute Gasteiger partial charge is 0.392 e. The molecule has 0 amide bonds. The van der Waals surface area contributed by atoms with E-state index < -0.39 is 22.8 Å². The van der Waals surface area contributed by atoms with Crippen molar-refractivity contribution in [3.63, 3.8) is 0 Å². The third kappa shape index (κ3) is 4.50. The molecule has 3 saturated carbocycles. The molecule has 5 fully saturated rings. The molecule has 10 atom stereocenters. The van der Waals surface area contributed by atoms with Crippen molar-refractivity contribution in [3.05, 3.63) is 11.1 Å². The Morgan fingerprint density at radius 3 is 2.31 bits per heavy atom. The average molecular weight is 547 g/mol. The van der Waals surface area contributed by atoms with Crippen LogP contribution in [0.5, 0.6) is 0 Å². The number of rotatable bonds is 4. The van der Waals surface area contributed by atoms with Gasteiger partial charge in [-0.2, -0.15) is 0 Å². The van der Waals surface area contributed by atoms with Gasteiger partial charge in [0.2, 0.25) is 0 Å². The van der Waals surface area contributed by atoms with E-state index in [4.69, 9.17) is 18.9 Å². The van der Waals surface area contributed by atoms with E-state index in [0.29, 0.717) is 18.3 Å². The first-order valence-corrected chi connectivity index (χ1v) is 15.7. The predicted molar refractivity (Wildman–Crippen MR) is 150 cm³/mol. The van der Waals surface area contributed by atoms with Crippen LogP contribution < -0.4 is 0 Å². The molecule has 0 aromatic rings. The second-order valence-corrected chi connectivity index (χ2v) is 16.3. The molecule has 222 valence electrons. The maximum absolute atomic E-state index is 11.6. The Balaban J connectivity index is 1.32. The van der Waals surface area contributed by atoms with E-state index in [1.807, 2.05) is 41.5 Å². The number of aliphatic hydroxyl groups excluding tert-OH is 1. The van der Waals surface area contributed by atoms with Crippen molar-refractivity contribution >= 4 is 0 Å². The van der Waals surface area contributed by atoms with Gasteiger partial charge in [0.1, 0.15) is 0 Å². The van der Waals surface area contributed by atoms with Gasteiger partial charge in [-0.25, -0.2) is 0 Å². The minimum atomic E-state index is -0.728. The van der Waals surface area contributed by atoms with Crippen molar-refractivity contribution in [3.8, 4) is 0 Å². The van der Waals surface area contributed by atoms with E-state index >= 15 is 0 Å². The van der Waals surface area contributed by atoms with Crippen molar-refractivity contribution < 1.29 is 29.2 Å². The highest BCUT2D eigenvalue weighted by molar-refractivity contribution is 5.37. The molecule has 2 N–H and O–H groups in total. The highest BCUT2D eigenvalue weighted by atomic mass is 16.8. The predicted octanol–water partition coefficient (Wildman–Crippen LogP) is 6.27. The summed E-state index contributed by atoms with van der Waals surface area (Å²) < 4.78 is 26.1. The average Bonchev–Trinajstić information content (AvgIpc) is 3.37. The summed E-state index contributed by atoms with van der Waals surface area (Å²) in [6.07, 6.45) is 8.41. The second-order valence-electron chi connectivity index (χ2n) is 16.3. The Bertz CT molecular complexity index is 1030. The van der Waals surface area contributed by atoms with Crippen LogP contribution in [0.3, 0.4) is 0 Å². The van der Waals surface area contributed by atoms with Gasteiger partial charge in [0.15, 0.2) is 11.6 Å². The highest BCUT2D eigenvalue weighted by Gasteiger charge is 2.65. The minimum absolute atomic E-state index is 0.0263. The van der Waals surface area contributed by atoms with E-state index in [-0.39, 0.29) is 41.2 Å². The monoisotopic (exact) mass is 546 g/mol. The number of fused-ring (bicyclic) bond motifs is 5. The zero-order valence-electron chi connectivity index (χ0n) is 25.9. The lowest BCUT2D eigenvalue weighted by Crippen LogP contribution is -2.57. The van der Waals surface area contributed by atoms with Gasteiger partial charge in [-0.15, -0.1) is 0 Å². The molecule has 0 aromatic heterocycles. The lowest BCUT2D eigenvalue weighted by molar-refractivity contribution is -0.177. The normalized spacial score (nSPS) is 50.4. The first kappa shape index (κ1) is 28.6. The summed E-state index contributed by atoms with van der Waals surface area (Å²) in [5.41, 5.74) is 2.06. The van der Waals surface area contributed by atoms with E-state index in [0.717, 1.165) is 51.4 Å². The van der Waals surface area contributed by atoms with Crippen LogP contribution in [0.25, 0.3) is 0 Å². The molecular weight excluding hydrogens is 492 g/mol. The summed E-state index contributed by atoms with van der Waals surface area (Å²) in [6, 6.07) is 0. The summed E-state index contributed by atoms with van der Waals surface area (Å²) in [5, 5.41) is 22.1. The summed E-state index contributed by atoms with van der Waals surface area (Å²) in [7, 11) is 0. The molecule has 6 heteroatoms. The van der Waals surface area contributed by atoms with Crippen LogP contribution in [0, 0.1) is 28.6 Å². The number of allylic oxidation sites excluding steroid dienone is 1.